The average Bonchev–Trinajstić information content (AvgIpc) is 2.72. The van der Waals surface area contributed by atoms with Crippen LogP contribution >= 0.6 is 0 Å². The summed E-state index contributed by atoms with van der Waals surface area (Å²) in [4.78, 5) is 31.1. The molecule has 1 aliphatic rings. The van der Waals surface area contributed by atoms with E-state index in [1.807, 2.05) is 24.3 Å². The fourth-order valence-electron chi connectivity index (χ4n) is 2.92. The van der Waals surface area contributed by atoms with Crippen LogP contribution in [0.2, 0.25) is 0 Å². The molecule has 144 valence electrons. The number of morpholine rings is 1. The van der Waals surface area contributed by atoms with Gasteiger partial charge in [0, 0.05) is 37.8 Å². The van der Waals surface area contributed by atoms with Crippen LogP contribution in [0.4, 0.5) is 0 Å². The van der Waals surface area contributed by atoms with E-state index in [0.29, 0.717) is 31.9 Å². The smallest absolute Gasteiger partial charge is 0.253 e. The van der Waals surface area contributed by atoms with Gasteiger partial charge in [-0.25, -0.2) is 0 Å². The third-order valence-corrected chi connectivity index (χ3v) is 4.49. The molecular weight excluding hydrogens is 348 g/mol. The first-order valence-corrected chi connectivity index (χ1v) is 9.01. The maximum absolute atomic E-state index is 12.4. The van der Waals surface area contributed by atoms with Crippen LogP contribution in [-0.4, -0.2) is 78.8 Å². The lowest BCUT2D eigenvalue weighted by Gasteiger charge is -2.26. The molecule has 1 aromatic carbocycles. The Hall–Kier alpha value is -2.55. The predicted molar refractivity (Wildman–Crippen MR) is 100 cm³/mol. The number of hydrogen-bond acceptors (Lipinski definition) is 6. The van der Waals surface area contributed by atoms with Gasteiger partial charge in [0.2, 0.25) is 5.91 Å². The molecule has 1 fully saturated rings. The largest absolute Gasteiger partial charge is 0.394 e. The van der Waals surface area contributed by atoms with Crippen molar-refractivity contribution in [1.82, 2.24) is 20.5 Å². The zero-order valence-electron chi connectivity index (χ0n) is 15.1. The second kappa shape index (κ2) is 9.40. The number of para-hydroxylation sites is 1. The Labute approximate surface area is 157 Å². The van der Waals surface area contributed by atoms with Gasteiger partial charge in [0.15, 0.2) is 0 Å². The molecule has 0 bridgehead atoms. The first kappa shape index (κ1) is 19.2. The van der Waals surface area contributed by atoms with E-state index in [9.17, 15) is 14.7 Å². The lowest BCUT2D eigenvalue weighted by Crippen LogP contribution is -2.50. The lowest BCUT2D eigenvalue weighted by molar-refractivity contribution is -0.123. The maximum Gasteiger partial charge on any atom is 0.253 e. The van der Waals surface area contributed by atoms with Gasteiger partial charge in [-0.2, -0.15) is 0 Å². The summed E-state index contributed by atoms with van der Waals surface area (Å²) in [5.41, 5.74) is 1.13. The molecule has 27 heavy (non-hydrogen) atoms. The van der Waals surface area contributed by atoms with Gasteiger partial charge < -0.3 is 20.5 Å². The zero-order valence-corrected chi connectivity index (χ0v) is 15.1. The zero-order chi connectivity index (χ0) is 19.1. The van der Waals surface area contributed by atoms with E-state index in [2.05, 4.69) is 20.5 Å². The summed E-state index contributed by atoms with van der Waals surface area (Å²) in [6, 6.07) is 8.16. The number of aromatic nitrogens is 1. The van der Waals surface area contributed by atoms with Crippen molar-refractivity contribution in [1.29, 1.82) is 0 Å². The summed E-state index contributed by atoms with van der Waals surface area (Å²) in [6.07, 6.45) is 1.46. The Kier molecular flexibility index (Phi) is 6.69. The van der Waals surface area contributed by atoms with Crippen LogP contribution in [0.15, 0.2) is 36.5 Å². The van der Waals surface area contributed by atoms with Gasteiger partial charge in [-0.1, -0.05) is 18.2 Å². The van der Waals surface area contributed by atoms with E-state index < -0.39 is 24.5 Å². The van der Waals surface area contributed by atoms with Gasteiger partial charge in [-0.3, -0.25) is 19.5 Å². The third-order valence-electron chi connectivity index (χ3n) is 4.49. The summed E-state index contributed by atoms with van der Waals surface area (Å²) in [5.74, 6) is -0.858. The number of aliphatic hydroxyl groups is 1. The van der Waals surface area contributed by atoms with E-state index in [0.717, 1.165) is 24.0 Å². The fraction of sp³-hybridized carbons (Fsp3) is 0.421. The van der Waals surface area contributed by atoms with Gasteiger partial charge in [-0.15, -0.1) is 0 Å². The second-order valence-electron chi connectivity index (χ2n) is 6.37. The molecule has 3 rings (SSSR count). The van der Waals surface area contributed by atoms with Gasteiger partial charge in [-0.05, 0) is 12.1 Å². The Balaban J connectivity index is 1.52. The summed E-state index contributed by atoms with van der Waals surface area (Å²) >= 11 is 0. The van der Waals surface area contributed by atoms with Crippen molar-refractivity contribution in [3.63, 3.8) is 0 Å². The number of carbonyl (C=O) groups is 2. The van der Waals surface area contributed by atoms with Crippen LogP contribution in [-0.2, 0) is 9.53 Å². The summed E-state index contributed by atoms with van der Waals surface area (Å²) in [6.45, 7) is 3.75. The SMILES string of the molecule is O=C(NC(CO)C(=O)NCCN1CCOCC1)c1cnc2ccccc2c1. The fourth-order valence-corrected chi connectivity index (χ4v) is 2.92. The number of aliphatic hydroxyl groups excluding tert-OH is 1. The number of hydrogen-bond donors (Lipinski definition) is 3. The van der Waals surface area contributed by atoms with E-state index in [1.165, 1.54) is 6.20 Å². The highest BCUT2D eigenvalue weighted by Gasteiger charge is 2.21. The predicted octanol–water partition coefficient (Wildman–Crippen LogP) is -0.226. The normalized spacial score (nSPS) is 16.0. The van der Waals surface area contributed by atoms with E-state index in [1.54, 1.807) is 6.07 Å². The molecule has 1 unspecified atom stereocenters. The van der Waals surface area contributed by atoms with Crippen LogP contribution in [0.1, 0.15) is 10.4 Å². The minimum Gasteiger partial charge on any atom is -0.394 e. The quantitative estimate of drug-likeness (QED) is 0.621. The molecular formula is C19H24N4O4. The minimum atomic E-state index is -1.01. The Bertz CT molecular complexity index is 792. The van der Waals surface area contributed by atoms with Crippen molar-refractivity contribution in [3.05, 3.63) is 42.1 Å². The van der Waals surface area contributed by atoms with Crippen molar-refractivity contribution in [2.24, 2.45) is 0 Å². The molecule has 1 atom stereocenters. The van der Waals surface area contributed by atoms with Crippen molar-refractivity contribution < 1.29 is 19.4 Å². The van der Waals surface area contributed by atoms with Gasteiger partial charge in [0.05, 0.1) is 30.9 Å². The average molecular weight is 372 g/mol. The molecule has 2 aromatic rings. The van der Waals surface area contributed by atoms with Crippen LogP contribution in [0.3, 0.4) is 0 Å². The van der Waals surface area contributed by atoms with Crippen LogP contribution in [0.5, 0.6) is 0 Å². The van der Waals surface area contributed by atoms with Crippen LogP contribution < -0.4 is 10.6 Å². The monoisotopic (exact) mass is 372 g/mol. The third kappa shape index (κ3) is 5.22. The number of ether oxygens (including phenoxy) is 1. The summed E-state index contributed by atoms with van der Waals surface area (Å²) < 4.78 is 5.28. The molecule has 2 heterocycles. The van der Waals surface area contributed by atoms with Gasteiger partial charge in [0.25, 0.3) is 5.91 Å². The number of nitrogens with zero attached hydrogens (tertiary/aromatic N) is 2. The highest BCUT2D eigenvalue weighted by molar-refractivity contribution is 5.99. The molecule has 3 N–H and O–H groups in total. The molecule has 0 spiro atoms. The number of carbonyl (C=O) groups excluding carboxylic acids is 2. The highest BCUT2D eigenvalue weighted by atomic mass is 16.5. The van der Waals surface area contributed by atoms with Gasteiger partial charge >= 0.3 is 0 Å². The van der Waals surface area contributed by atoms with Crippen molar-refractivity contribution in [2.45, 2.75) is 6.04 Å². The van der Waals surface area contributed by atoms with Crippen molar-refractivity contribution >= 4 is 22.7 Å². The van der Waals surface area contributed by atoms with Gasteiger partial charge in [0.1, 0.15) is 6.04 Å². The number of fused-ring (bicyclic) bond motifs is 1. The Morgan fingerprint density at radius 1 is 1.26 bits per heavy atom. The van der Waals surface area contributed by atoms with Crippen LogP contribution in [0.25, 0.3) is 10.9 Å². The van der Waals surface area contributed by atoms with E-state index >= 15 is 0 Å². The molecule has 1 aromatic heterocycles. The molecule has 1 saturated heterocycles. The topological polar surface area (TPSA) is 104 Å². The molecule has 0 saturated carbocycles. The highest BCUT2D eigenvalue weighted by Crippen LogP contribution is 2.12. The number of benzene rings is 1. The number of pyridine rings is 1. The molecule has 0 aliphatic carbocycles. The Morgan fingerprint density at radius 2 is 2.04 bits per heavy atom. The first-order valence-electron chi connectivity index (χ1n) is 9.01. The number of nitrogens with one attached hydrogen (secondary N) is 2. The Morgan fingerprint density at radius 3 is 2.81 bits per heavy atom. The number of amides is 2. The maximum atomic E-state index is 12.4. The van der Waals surface area contributed by atoms with Crippen LogP contribution in [0, 0.1) is 0 Å². The molecule has 2 amide bonds. The summed E-state index contributed by atoms with van der Waals surface area (Å²) in [5, 5.41) is 15.6. The van der Waals surface area contributed by atoms with E-state index in [-0.39, 0.29) is 0 Å². The molecule has 8 nitrogen and oxygen atoms in total. The summed E-state index contributed by atoms with van der Waals surface area (Å²) in [7, 11) is 0. The van der Waals surface area contributed by atoms with Crippen molar-refractivity contribution in [2.75, 3.05) is 46.0 Å². The van der Waals surface area contributed by atoms with E-state index in [4.69, 9.17) is 4.74 Å². The molecule has 1 aliphatic heterocycles. The first-order chi connectivity index (χ1) is 13.2. The lowest BCUT2D eigenvalue weighted by atomic mass is 10.1. The minimum absolute atomic E-state index is 0.341. The standard InChI is InChI=1S/C19H24N4O4/c24-13-17(19(26)20-5-6-23-7-9-27-10-8-23)22-18(25)15-11-14-3-1-2-4-16(14)21-12-15/h1-4,11-12,17,24H,5-10,13H2,(H,20,26)(H,22,25). The van der Waals surface area contributed by atoms with Crippen molar-refractivity contribution in [3.8, 4) is 0 Å². The molecule has 0 radical (unpaired) electrons. The molecule has 8 heteroatoms. The second-order valence-corrected chi connectivity index (χ2v) is 6.37. The number of rotatable bonds is 7.